The van der Waals surface area contributed by atoms with E-state index in [0.717, 1.165) is 40.7 Å². The van der Waals surface area contributed by atoms with Crippen molar-refractivity contribution in [2.75, 3.05) is 10.8 Å². The molecule has 0 radical (unpaired) electrons. The number of anilines is 1. The summed E-state index contributed by atoms with van der Waals surface area (Å²) >= 11 is 0. The third-order valence-corrected chi connectivity index (χ3v) is 10.6. The van der Waals surface area contributed by atoms with E-state index < -0.39 is 67.7 Å². The van der Waals surface area contributed by atoms with E-state index in [1.54, 1.807) is 0 Å². The van der Waals surface area contributed by atoms with E-state index in [1.165, 1.54) is 12.1 Å². The Kier molecular flexibility index (Phi) is 7.02. The number of hydrogen-bond donors (Lipinski definition) is 1. The number of rotatable bonds is 7. The lowest BCUT2D eigenvalue weighted by Crippen LogP contribution is -2.50. The topological polar surface area (TPSA) is 106 Å². The van der Waals surface area contributed by atoms with Crippen LogP contribution in [0.15, 0.2) is 59.5 Å². The van der Waals surface area contributed by atoms with Crippen molar-refractivity contribution in [2.24, 2.45) is 10.8 Å². The van der Waals surface area contributed by atoms with Crippen molar-refractivity contribution in [3.8, 4) is 22.8 Å². The molecule has 2 aromatic carbocycles. The van der Waals surface area contributed by atoms with Gasteiger partial charge in [-0.1, -0.05) is 6.07 Å². The van der Waals surface area contributed by atoms with Crippen molar-refractivity contribution >= 4 is 21.8 Å². The van der Waals surface area contributed by atoms with Gasteiger partial charge in [0.25, 0.3) is 10.0 Å². The number of alkyl halides is 5. The molecule has 234 valence electrons. The summed E-state index contributed by atoms with van der Waals surface area (Å²) in [6.07, 6.45) is -3.81. The van der Waals surface area contributed by atoms with Crippen LogP contribution in [0.5, 0.6) is 11.5 Å². The summed E-state index contributed by atoms with van der Waals surface area (Å²) in [5.74, 6) is -2.75. The molecule has 2 aliphatic carbocycles. The number of aromatic nitrogens is 1. The van der Waals surface area contributed by atoms with Gasteiger partial charge in [-0.2, -0.15) is 22.0 Å². The Bertz CT molecular complexity index is 1740. The van der Waals surface area contributed by atoms with E-state index in [2.05, 4.69) is 9.72 Å². The number of pyridine rings is 1. The van der Waals surface area contributed by atoms with Crippen LogP contribution in [0.4, 0.5) is 32.2 Å². The Morgan fingerprint density at radius 1 is 1.07 bits per heavy atom. The molecular formula is C29H24F6N2O6S. The normalized spacial score (nSPS) is 24.7. The van der Waals surface area contributed by atoms with Gasteiger partial charge in [0.2, 0.25) is 0 Å². The summed E-state index contributed by atoms with van der Waals surface area (Å²) < 4.78 is 120. The lowest BCUT2D eigenvalue weighted by molar-refractivity contribution is -0.148. The molecule has 6 rings (SSSR count). The molecule has 1 aliphatic heterocycles. The van der Waals surface area contributed by atoms with Crippen LogP contribution >= 0.6 is 0 Å². The smallest absolute Gasteiger partial charge is 0.416 e. The fourth-order valence-electron chi connectivity index (χ4n) is 6.65. The monoisotopic (exact) mass is 642 g/mol. The Labute approximate surface area is 247 Å². The third-order valence-electron chi connectivity index (χ3n) is 8.85. The van der Waals surface area contributed by atoms with Crippen LogP contribution in [0.2, 0.25) is 0 Å². The minimum absolute atomic E-state index is 0.0431. The van der Waals surface area contributed by atoms with Gasteiger partial charge in [-0.05, 0) is 74.6 Å². The maximum absolute atomic E-state index is 14.3. The average Bonchev–Trinajstić information content (AvgIpc) is 3.55. The van der Waals surface area contributed by atoms with E-state index >= 15 is 0 Å². The average molecular weight is 643 g/mol. The van der Waals surface area contributed by atoms with Crippen LogP contribution < -0.4 is 13.8 Å². The van der Waals surface area contributed by atoms with Gasteiger partial charge in [0.05, 0.1) is 28.1 Å². The van der Waals surface area contributed by atoms with Crippen LogP contribution in [0.25, 0.3) is 11.3 Å². The number of hydrogen-bond acceptors (Lipinski definition) is 6. The predicted molar refractivity (Wildman–Crippen MR) is 142 cm³/mol. The van der Waals surface area contributed by atoms with Crippen molar-refractivity contribution in [3.05, 3.63) is 66.0 Å². The standard InChI is InChI=1S/C29H24F6N2O6S/c30-18-10-16(11-19(13-18)42-26(31)32)21-4-5-22-24(36-21)37(44(40,41)20-3-1-2-17(12-20)29(33,34)35)14-23(43-22)27-6-8-28(15-27,9-7-27)25(38)39/h1-5,10-13,23,26H,6-9,14-15H2,(H,38,39)/t23-,27?,28?/m1/s1. The lowest BCUT2D eigenvalue weighted by Gasteiger charge is -2.42. The number of halogens is 6. The van der Waals surface area contributed by atoms with Gasteiger partial charge in [0.1, 0.15) is 17.7 Å². The number of aliphatic carboxylic acids is 1. The van der Waals surface area contributed by atoms with Gasteiger partial charge in [-0.15, -0.1) is 0 Å². The summed E-state index contributed by atoms with van der Waals surface area (Å²) in [6.45, 7) is -3.63. The highest BCUT2D eigenvalue weighted by molar-refractivity contribution is 7.92. The fraction of sp³-hybridized carbons (Fsp3) is 0.379. The second-order valence-corrected chi connectivity index (χ2v) is 13.2. The van der Waals surface area contributed by atoms with Crippen molar-refractivity contribution in [1.29, 1.82) is 0 Å². The molecule has 2 saturated carbocycles. The Morgan fingerprint density at radius 3 is 2.43 bits per heavy atom. The van der Waals surface area contributed by atoms with Gasteiger partial charge >= 0.3 is 18.8 Å². The Hall–Kier alpha value is -4.01. The van der Waals surface area contributed by atoms with Gasteiger partial charge in [-0.25, -0.2) is 22.1 Å². The van der Waals surface area contributed by atoms with Gasteiger partial charge in [-0.3, -0.25) is 4.79 Å². The first-order valence-corrected chi connectivity index (χ1v) is 14.9. The Morgan fingerprint density at radius 2 is 1.80 bits per heavy atom. The second-order valence-electron chi connectivity index (χ2n) is 11.4. The number of carbonyl (C=O) groups is 1. The predicted octanol–water partition coefficient (Wildman–Crippen LogP) is 6.50. The number of sulfonamides is 1. The summed E-state index contributed by atoms with van der Waals surface area (Å²) in [4.78, 5) is 15.8. The summed E-state index contributed by atoms with van der Waals surface area (Å²) in [7, 11) is -4.73. The van der Waals surface area contributed by atoms with E-state index in [0.29, 0.717) is 31.7 Å². The summed E-state index contributed by atoms with van der Waals surface area (Å²) in [6, 6.07) is 8.67. The number of ether oxygens (including phenoxy) is 2. The summed E-state index contributed by atoms with van der Waals surface area (Å²) in [5, 5.41) is 9.88. The number of benzene rings is 2. The second kappa shape index (κ2) is 10.3. The molecule has 0 spiro atoms. The molecule has 2 bridgehead atoms. The van der Waals surface area contributed by atoms with Crippen LogP contribution in [-0.4, -0.2) is 43.7 Å². The van der Waals surface area contributed by atoms with Crippen LogP contribution in [0, 0.1) is 16.6 Å². The van der Waals surface area contributed by atoms with Crippen molar-refractivity contribution in [2.45, 2.75) is 55.9 Å². The molecule has 1 atom stereocenters. The Balaban J connectivity index is 1.46. The molecule has 15 heteroatoms. The molecule has 8 nitrogen and oxygen atoms in total. The first-order chi connectivity index (χ1) is 20.6. The zero-order chi connectivity index (χ0) is 31.7. The quantitative estimate of drug-likeness (QED) is 0.294. The van der Waals surface area contributed by atoms with Crippen LogP contribution in [0.3, 0.4) is 0 Å². The van der Waals surface area contributed by atoms with Gasteiger partial charge in [0, 0.05) is 17.0 Å². The van der Waals surface area contributed by atoms with Crippen LogP contribution in [-0.2, 0) is 21.0 Å². The number of nitrogens with zero attached hydrogens (tertiary/aromatic N) is 2. The largest absolute Gasteiger partial charge is 0.484 e. The molecule has 2 fully saturated rings. The molecule has 3 aromatic rings. The van der Waals surface area contributed by atoms with E-state index in [9.17, 15) is 44.7 Å². The van der Waals surface area contributed by atoms with Gasteiger partial charge in [0.15, 0.2) is 11.6 Å². The molecule has 1 aromatic heterocycles. The number of carboxylic acid groups (broad SMARTS) is 1. The molecule has 44 heavy (non-hydrogen) atoms. The summed E-state index contributed by atoms with van der Waals surface area (Å²) in [5.41, 5.74) is -2.96. The van der Waals surface area contributed by atoms with Crippen molar-refractivity contribution < 1.29 is 54.1 Å². The molecule has 3 aliphatic rings. The minimum atomic E-state index is -4.83. The maximum atomic E-state index is 14.3. The third kappa shape index (κ3) is 5.10. The zero-order valence-corrected chi connectivity index (χ0v) is 23.5. The van der Waals surface area contributed by atoms with Crippen molar-refractivity contribution in [1.82, 2.24) is 4.98 Å². The molecule has 2 heterocycles. The molecule has 1 N–H and O–H groups in total. The molecule has 0 unspecified atom stereocenters. The highest BCUT2D eigenvalue weighted by Gasteiger charge is 2.63. The van der Waals surface area contributed by atoms with Gasteiger partial charge < -0.3 is 14.6 Å². The molecular weight excluding hydrogens is 618 g/mol. The SMILES string of the molecule is O=C(O)C12CCC([C@H]3CN(S(=O)(=O)c4cccc(C(F)(F)F)c4)c4nc(-c5cc(F)cc(OC(F)F)c5)ccc4O3)(CC1)C2. The maximum Gasteiger partial charge on any atom is 0.416 e. The minimum Gasteiger partial charge on any atom is -0.484 e. The zero-order valence-electron chi connectivity index (χ0n) is 22.7. The lowest BCUT2D eigenvalue weighted by atomic mass is 9.78. The first kappa shape index (κ1) is 30.0. The fourth-order valence-corrected chi connectivity index (χ4v) is 8.12. The molecule has 0 saturated heterocycles. The highest BCUT2D eigenvalue weighted by Crippen LogP contribution is 2.64. The van der Waals surface area contributed by atoms with Crippen LogP contribution in [0.1, 0.15) is 37.7 Å². The highest BCUT2D eigenvalue weighted by atomic mass is 32.2. The van der Waals surface area contributed by atoms with E-state index in [1.807, 2.05) is 0 Å². The first-order valence-electron chi connectivity index (χ1n) is 13.5. The van der Waals surface area contributed by atoms with E-state index in [-0.39, 0.29) is 35.8 Å². The molecule has 0 amide bonds. The number of fused-ring (bicyclic) bond motifs is 3. The number of carboxylic acids is 1. The van der Waals surface area contributed by atoms with Crippen molar-refractivity contribution in [3.63, 3.8) is 0 Å². The van der Waals surface area contributed by atoms with E-state index in [4.69, 9.17) is 4.74 Å².